The van der Waals surface area contributed by atoms with Crippen molar-refractivity contribution >= 4 is 105 Å². The van der Waals surface area contributed by atoms with Crippen molar-refractivity contribution in [1.82, 2.24) is 63.4 Å². The van der Waals surface area contributed by atoms with Crippen molar-refractivity contribution in [3.8, 4) is 5.75 Å². The van der Waals surface area contributed by atoms with Gasteiger partial charge in [-0.3, -0.25) is 67.3 Å². The number of carbonyl (C=O) groups is 13. The van der Waals surface area contributed by atoms with Gasteiger partial charge in [-0.15, -0.1) is 0 Å². The number of phenols is 1. The van der Waals surface area contributed by atoms with Crippen molar-refractivity contribution in [3.05, 3.63) is 113 Å². The number of amides is 13. The van der Waals surface area contributed by atoms with Gasteiger partial charge in [0.1, 0.15) is 66.2 Å². The highest BCUT2D eigenvalue weighted by Crippen LogP contribution is 2.22. The molecule has 31 nitrogen and oxygen atoms in total. The molecule has 534 valence electrons. The highest BCUT2D eigenvalue weighted by atomic mass is 35.5. The van der Waals surface area contributed by atoms with E-state index in [-0.39, 0.29) is 95.0 Å². The molecule has 32 heteroatoms. The fourth-order valence-corrected chi connectivity index (χ4v) is 11.3. The van der Waals surface area contributed by atoms with Crippen LogP contribution >= 0.6 is 11.6 Å². The normalized spacial score (nSPS) is 18.8. The number of aliphatic imine (C=N–C) groups is 1. The van der Waals surface area contributed by atoms with Crippen LogP contribution in [0.25, 0.3) is 10.8 Å². The molecule has 0 aromatic heterocycles. The molecule has 2 aliphatic rings. The number of halogens is 1. The number of aliphatic hydroxyl groups is 1. The van der Waals surface area contributed by atoms with E-state index in [1.807, 2.05) is 30.3 Å². The topological polar surface area (TPSA) is 488 Å². The van der Waals surface area contributed by atoms with Gasteiger partial charge in [-0.2, -0.15) is 0 Å². The second kappa shape index (κ2) is 37.9. The summed E-state index contributed by atoms with van der Waals surface area (Å²) in [6.07, 6.45) is -0.655. The first-order chi connectivity index (χ1) is 47.1. The second-order valence-corrected chi connectivity index (χ2v) is 25.3. The molecule has 0 radical (unpaired) electrons. The lowest BCUT2D eigenvalue weighted by Crippen LogP contribution is -2.61. The maximum atomic E-state index is 15.1. The van der Waals surface area contributed by atoms with Crippen LogP contribution in [0.2, 0.25) is 5.02 Å². The molecule has 2 fully saturated rings. The summed E-state index contributed by atoms with van der Waals surface area (Å²) in [6, 6.07) is 10.8. The van der Waals surface area contributed by atoms with Crippen LogP contribution < -0.4 is 75.7 Å². The van der Waals surface area contributed by atoms with Crippen LogP contribution in [0.3, 0.4) is 0 Å². The zero-order valence-electron chi connectivity index (χ0n) is 55.5. The van der Waals surface area contributed by atoms with Crippen LogP contribution in [-0.4, -0.2) is 191 Å². The van der Waals surface area contributed by atoms with E-state index in [0.29, 0.717) is 28.1 Å². The molecule has 0 spiro atoms. The fourth-order valence-electron chi connectivity index (χ4n) is 11.2. The predicted molar refractivity (Wildman–Crippen MR) is 364 cm³/mol. The molecule has 0 aliphatic carbocycles. The summed E-state index contributed by atoms with van der Waals surface area (Å²) in [5.41, 5.74) is 18.1. The lowest BCUT2D eigenvalue weighted by molar-refractivity contribution is -0.142. The first-order valence-corrected chi connectivity index (χ1v) is 32.9. The van der Waals surface area contributed by atoms with Crippen molar-refractivity contribution in [3.63, 3.8) is 0 Å². The van der Waals surface area contributed by atoms with Gasteiger partial charge >= 0.3 is 0 Å². The van der Waals surface area contributed by atoms with Crippen molar-refractivity contribution < 1.29 is 72.5 Å². The van der Waals surface area contributed by atoms with Gasteiger partial charge in [0.25, 0.3) is 0 Å². The molecule has 2 aliphatic heterocycles. The molecule has 2 saturated heterocycles. The number of aliphatic hydroxyl groups excluding tert-OH is 1. The second-order valence-electron chi connectivity index (χ2n) is 24.8. The number of likely N-dealkylation sites (tertiary alicyclic amines) is 1. The summed E-state index contributed by atoms with van der Waals surface area (Å²) < 4.78 is 0. The van der Waals surface area contributed by atoms with E-state index >= 15 is 9.59 Å². The number of carbonyl (C=O) groups excluding carboxylic acids is 13. The first-order valence-electron chi connectivity index (χ1n) is 32.6. The molecule has 2 heterocycles. The highest BCUT2D eigenvalue weighted by molar-refractivity contribution is 6.30. The largest absolute Gasteiger partial charge is 0.508 e. The average Bonchev–Trinajstić information content (AvgIpc) is 1.60. The quantitative estimate of drug-likeness (QED) is 0.0160. The van der Waals surface area contributed by atoms with Crippen LogP contribution in [0.4, 0.5) is 0 Å². The van der Waals surface area contributed by atoms with Crippen molar-refractivity contribution in [2.75, 3.05) is 32.8 Å². The summed E-state index contributed by atoms with van der Waals surface area (Å²) in [7, 11) is 0. The number of nitrogens with one attached hydrogen (secondary N) is 11. The number of hydrogen-bond donors (Lipinski definition) is 16. The minimum atomic E-state index is -1.83. The number of guanidine groups is 1. The van der Waals surface area contributed by atoms with Gasteiger partial charge in [-0.25, -0.2) is 0 Å². The Morgan fingerprint density at radius 3 is 1.90 bits per heavy atom. The van der Waals surface area contributed by atoms with Crippen LogP contribution in [0, 0.1) is 5.92 Å². The van der Waals surface area contributed by atoms with E-state index in [0.717, 1.165) is 17.7 Å². The Morgan fingerprint density at radius 2 is 1.26 bits per heavy atom. The third kappa shape index (κ3) is 24.9. The first kappa shape index (κ1) is 77.6. The number of nitrogens with zero attached hydrogens (tertiary/aromatic N) is 2. The molecule has 0 saturated carbocycles. The maximum absolute atomic E-state index is 15.1. The van der Waals surface area contributed by atoms with E-state index in [4.69, 9.17) is 28.8 Å². The van der Waals surface area contributed by atoms with Crippen LogP contribution in [0.1, 0.15) is 95.8 Å². The van der Waals surface area contributed by atoms with Gasteiger partial charge in [0.05, 0.1) is 19.6 Å². The Kier molecular flexibility index (Phi) is 29.7. The van der Waals surface area contributed by atoms with Crippen molar-refractivity contribution in [2.45, 2.75) is 159 Å². The zero-order chi connectivity index (χ0) is 72.5. The zero-order valence-corrected chi connectivity index (χ0v) is 56.3. The molecule has 4 aromatic rings. The smallest absolute Gasteiger partial charge is 0.245 e. The van der Waals surface area contributed by atoms with Crippen LogP contribution in [0.5, 0.6) is 5.75 Å². The lowest BCUT2D eigenvalue weighted by Gasteiger charge is -2.31. The van der Waals surface area contributed by atoms with Gasteiger partial charge in [-0.1, -0.05) is 92.2 Å². The lowest BCUT2D eigenvalue weighted by atomic mass is 9.98. The Bertz CT molecular complexity index is 3590. The van der Waals surface area contributed by atoms with E-state index in [1.165, 1.54) is 36.1 Å². The standard InChI is InChI=1S/C67H89ClN16O15/c1-36(2)28-48(60(93)78-47(13-8-26-73-67(70)71)66(99)84-27-9-14-54(84)65(98)75-37(3)57(69)90)79-62(95)51(32-41-15-20-42-10-5-6-11-43(42)29-41)81-61(94)50(31-40-18-23-45(87)24-19-40)82-64(97)53(35-85)83-59(92)46-12-7-25-72-58(91)49(30-39-16-21-44(68)22-17-39)80-63(96)52(76-38(4)86)33-55(88)74-34-56(89)77-46/h5-6,10-11,15-24,29,36-37,46-54,85,87H,7-9,12-14,25-28,30-35H2,1-4H3,(H2,69,90)(H,72,91)(H,74,88)(H,75,98)(H,76,86)(H,77,89)(H,78,93)(H,79,95)(H,80,96)(H,81,94)(H,82,97)(H,83,92)(H4,70,71,73)/t37-,46-,47+,48-,49-,50+,51-,52+,53+,54+/m1/s1. The van der Waals surface area contributed by atoms with Gasteiger partial charge in [0.2, 0.25) is 76.8 Å². The minimum Gasteiger partial charge on any atom is -0.508 e. The van der Waals surface area contributed by atoms with Gasteiger partial charge in [-0.05, 0) is 110 Å². The Balaban J connectivity index is 1.26. The summed E-state index contributed by atoms with van der Waals surface area (Å²) in [6.45, 7) is 4.35. The van der Waals surface area contributed by atoms with Crippen LogP contribution in [0.15, 0.2) is 96.0 Å². The third-order valence-corrected chi connectivity index (χ3v) is 16.6. The molecule has 0 unspecified atom stereocenters. The third-order valence-electron chi connectivity index (χ3n) is 16.4. The van der Waals surface area contributed by atoms with Crippen LogP contribution in [-0.2, 0) is 81.6 Å². The average molecular weight is 1390 g/mol. The number of aromatic hydroxyl groups is 1. The monoisotopic (exact) mass is 1390 g/mol. The molecule has 0 bridgehead atoms. The fraction of sp³-hybridized carbons (Fsp3) is 0.463. The molecular formula is C67H89ClN16O15. The van der Waals surface area contributed by atoms with E-state index in [1.54, 1.807) is 50.2 Å². The maximum Gasteiger partial charge on any atom is 0.245 e. The number of primary amides is 1. The number of benzene rings is 4. The number of phenolic OH excluding ortho intramolecular Hbond substituents is 1. The Hall–Kier alpha value is -10.4. The summed E-state index contributed by atoms with van der Waals surface area (Å²) in [5.74, 6) is -11.5. The predicted octanol–water partition coefficient (Wildman–Crippen LogP) is -2.39. The van der Waals surface area contributed by atoms with E-state index < -0.39 is 157 Å². The summed E-state index contributed by atoms with van der Waals surface area (Å²) in [4.78, 5) is 185. The van der Waals surface area contributed by atoms with E-state index in [9.17, 15) is 63.0 Å². The number of hydrogen-bond acceptors (Lipinski definition) is 16. The minimum absolute atomic E-state index is 0.00294. The molecule has 4 aromatic carbocycles. The Morgan fingerprint density at radius 1 is 0.657 bits per heavy atom. The number of rotatable bonds is 28. The number of fused-ring (bicyclic) bond motifs is 1. The molecule has 99 heavy (non-hydrogen) atoms. The number of nitrogens with two attached hydrogens (primary N) is 3. The summed E-state index contributed by atoms with van der Waals surface area (Å²) in [5, 5.41) is 51.3. The highest BCUT2D eigenvalue weighted by Gasteiger charge is 2.40. The van der Waals surface area contributed by atoms with Gasteiger partial charge < -0.3 is 90.8 Å². The summed E-state index contributed by atoms with van der Waals surface area (Å²) >= 11 is 6.08. The molecular weight excluding hydrogens is 1300 g/mol. The molecule has 13 amide bonds. The van der Waals surface area contributed by atoms with Gasteiger partial charge in [0.15, 0.2) is 5.96 Å². The molecule has 19 N–H and O–H groups in total. The van der Waals surface area contributed by atoms with Gasteiger partial charge in [0, 0.05) is 50.8 Å². The van der Waals surface area contributed by atoms with E-state index in [2.05, 4.69) is 63.5 Å². The Labute approximate surface area is 576 Å². The van der Waals surface area contributed by atoms with Crippen molar-refractivity contribution in [2.24, 2.45) is 28.1 Å². The molecule has 6 rings (SSSR count). The SMILES string of the molecule is CC(=O)N[C@H]1CC(=O)NCC(=O)N[C@@H](C(=O)N[C@@H](CO)C(=O)N[C@@H](Cc2ccc(O)cc2)C(=O)N[C@H](Cc2ccc3ccccc3c2)C(=O)N[C@H](CC(C)C)C(=O)N[C@@H](CCCN=C(N)N)C(=O)N2CCC[C@H]2C(=O)N[C@H](C)C(N)=O)CCCNC(=O)[C@@H](Cc2ccc(Cl)cc2)NC1=O. The molecule has 10 atom stereocenters. The van der Waals surface area contributed by atoms with Crippen molar-refractivity contribution in [1.29, 1.82) is 0 Å².